The van der Waals surface area contributed by atoms with Crippen molar-refractivity contribution in [2.75, 3.05) is 7.11 Å². The summed E-state index contributed by atoms with van der Waals surface area (Å²) in [5.41, 5.74) is 4.76. The molecule has 0 radical (unpaired) electrons. The van der Waals surface area contributed by atoms with Crippen molar-refractivity contribution in [2.24, 2.45) is 5.73 Å². The van der Waals surface area contributed by atoms with Crippen LogP contribution in [0.2, 0.25) is 0 Å². The summed E-state index contributed by atoms with van der Waals surface area (Å²) in [7, 11) is 1.36. The molecule has 0 bridgehead atoms. The molecule has 0 aliphatic heterocycles. The second kappa shape index (κ2) is 5.02. The fourth-order valence-corrected chi connectivity index (χ4v) is 1.19. The Bertz CT molecular complexity index is 477. The van der Waals surface area contributed by atoms with E-state index >= 15 is 0 Å². The van der Waals surface area contributed by atoms with E-state index in [9.17, 15) is 14.7 Å². The normalized spacial score (nSPS) is 11.0. The highest BCUT2D eigenvalue weighted by Gasteiger charge is 2.14. The standard InChI is InChI=1S/C11H11NO5/c1-17-9-5-6(2-3-8(9)13)4-7(10(12)14)11(15)16/h2-5,13H,1H3,(H2,12,14)(H,15,16). The van der Waals surface area contributed by atoms with Crippen LogP contribution in [0.4, 0.5) is 0 Å². The molecule has 6 heteroatoms. The summed E-state index contributed by atoms with van der Waals surface area (Å²) in [5.74, 6) is -2.36. The molecule has 0 atom stereocenters. The van der Waals surface area contributed by atoms with Crippen LogP contribution in [0.25, 0.3) is 6.08 Å². The first kappa shape index (κ1) is 12.6. The number of amides is 1. The third-order valence-electron chi connectivity index (χ3n) is 2.01. The number of hydrogen-bond acceptors (Lipinski definition) is 4. The van der Waals surface area contributed by atoms with Gasteiger partial charge < -0.3 is 20.7 Å². The molecule has 0 aromatic heterocycles. The topological polar surface area (TPSA) is 110 Å². The van der Waals surface area contributed by atoms with Gasteiger partial charge in [0.15, 0.2) is 11.5 Å². The Kier molecular flexibility index (Phi) is 3.71. The van der Waals surface area contributed by atoms with Gasteiger partial charge in [0.05, 0.1) is 7.11 Å². The Morgan fingerprint density at radius 3 is 2.53 bits per heavy atom. The zero-order chi connectivity index (χ0) is 13.0. The quantitative estimate of drug-likeness (QED) is 0.397. The second-order valence-corrected chi connectivity index (χ2v) is 3.16. The lowest BCUT2D eigenvalue weighted by atomic mass is 10.1. The van der Waals surface area contributed by atoms with Gasteiger partial charge in [0.2, 0.25) is 0 Å². The van der Waals surface area contributed by atoms with E-state index in [2.05, 4.69) is 0 Å². The van der Waals surface area contributed by atoms with Gasteiger partial charge >= 0.3 is 5.97 Å². The highest BCUT2D eigenvalue weighted by Crippen LogP contribution is 2.27. The number of rotatable bonds is 4. The molecule has 0 heterocycles. The molecule has 0 spiro atoms. The molecule has 1 aromatic rings. The highest BCUT2D eigenvalue weighted by molar-refractivity contribution is 6.18. The van der Waals surface area contributed by atoms with Crippen LogP contribution in [0, 0.1) is 0 Å². The molecule has 0 aliphatic rings. The summed E-state index contributed by atoms with van der Waals surface area (Å²) < 4.78 is 4.85. The summed E-state index contributed by atoms with van der Waals surface area (Å²) >= 11 is 0. The molecule has 90 valence electrons. The van der Waals surface area contributed by atoms with Crippen molar-refractivity contribution in [2.45, 2.75) is 0 Å². The lowest BCUT2D eigenvalue weighted by Crippen LogP contribution is -2.20. The number of carboxylic acid groups (broad SMARTS) is 1. The largest absolute Gasteiger partial charge is 0.504 e. The van der Waals surface area contributed by atoms with E-state index in [1.807, 2.05) is 0 Å². The maximum Gasteiger partial charge on any atom is 0.341 e. The fraction of sp³-hybridized carbons (Fsp3) is 0.0909. The molecular weight excluding hydrogens is 226 g/mol. The predicted octanol–water partition coefficient (Wildman–Crippen LogP) is 0.354. The van der Waals surface area contributed by atoms with Crippen molar-refractivity contribution >= 4 is 18.0 Å². The lowest BCUT2D eigenvalue weighted by Gasteiger charge is -2.04. The lowest BCUT2D eigenvalue weighted by molar-refractivity contribution is -0.134. The number of carbonyl (C=O) groups is 2. The van der Waals surface area contributed by atoms with Crippen LogP contribution in [-0.2, 0) is 9.59 Å². The van der Waals surface area contributed by atoms with Crippen LogP contribution in [0.5, 0.6) is 11.5 Å². The van der Waals surface area contributed by atoms with E-state index in [0.29, 0.717) is 5.56 Å². The van der Waals surface area contributed by atoms with Crippen molar-refractivity contribution in [1.82, 2.24) is 0 Å². The number of phenolic OH excluding ortho intramolecular Hbond substituents is 1. The van der Waals surface area contributed by atoms with Crippen molar-refractivity contribution in [3.63, 3.8) is 0 Å². The number of aromatic hydroxyl groups is 1. The van der Waals surface area contributed by atoms with Gasteiger partial charge in [-0.1, -0.05) is 6.07 Å². The van der Waals surface area contributed by atoms with Crippen molar-refractivity contribution in [1.29, 1.82) is 0 Å². The number of carboxylic acids is 1. The summed E-state index contributed by atoms with van der Waals surface area (Å²) in [5, 5.41) is 18.1. The summed E-state index contributed by atoms with van der Waals surface area (Å²) in [6, 6.07) is 4.15. The number of primary amides is 1. The van der Waals surface area contributed by atoms with E-state index in [1.165, 1.54) is 25.3 Å². The van der Waals surface area contributed by atoms with Gasteiger partial charge in [-0.25, -0.2) is 4.79 Å². The maximum absolute atomic E-state index is 10.9. The average Bonchev–Trinajstić information content (AvgIpc) is 2.26. The molecule has 0 saturated carbocycles. The number of ether oxygens (including phenoxy) is 1. The highest BCUT2D eigenvalue weighted by atomic mass is 16.5. The van der Waals surface area contributed by atoms with Crippen LogP contribution in [0.15, 0.2) is 23.8 Å². The van der Waals surface area contributed by atoms with Crippen molar-refractivity contribution in [3.05, 3.63) is 29.3 Å². The Labute approximate surface area is 96.9 Å². The second-order valence-electron chi connectivity index (χ2n) is 3.16. The van der Waals surface area contributed by atoms with Gasteiger partial charge in [0, 0.05) is 0 Å². The number of hydrogen-bond donors (Lipinski definition) is 3. The van der Waals surface area contributed by atoms with Gasteiger partial charge in [0.1, 0.15) is 5.57 Å². The van der Waals surface area contributed by atoms with Gasteiger partial charge in [-0.2, -0.15) is 0 Å². The van der Waals surface area contributed by atoms with E-state index in [4.69, 9.17) is 15.6 Å². The molecule has 1 aromatic carbocycles. The minimum atomic E-state index is -1.41. The summed E-state index contributed by atoms with van der Waals surface area (Å²) in [6.45, 7) is 0. The Morgan fingerprint density at radius 2 is 2.06 bits per heavy atom. The van der Waals surface area contributed by atoms with E-state index in [0.717, 1.165) is 6.08 Å². The predicted molar refractivity (Wildman–Crippen MR) is 59.5 cm³/mol. The Balaban J connectivity index is 3.21. The first-order chi connectivity index (χ1) is 7.95. The number of phenols is 1. The van der Waals surface area contributed by atoms with Gasteiger partial charge in [0.25, 0.3) is 5.91 Å². The summed E-state index contributed by atoms with van der Waals surface area (Å²) in [6.07, 6.45) is 1.10. The van der Waals surface area contributed by atoms with E-state index in [1.54, 1.807) is 0 Å². The third-order valence-corrected chi connectivity index (χ3v) is 2.01. The SMILES string of the molecule is COc1cc(C=C(C(N)=O)C(=O)O)ccc1O. The first-order valence-corrected chi connectivity index (χ1v) is 4.57. The number of nitrogens with two attached hydrogens (primary N) is 1. The molecular formula is C11H11NO5. The minimum absolute atomic E-state index is 0.0828. The van der Waals surface area contributed by atoms with E-state index in [-0.39, 0.29) is 11.5 Å². The van der Waals surface area contributed by atoms with Crippen LogP contribution in [0.1, 0.15) is 5.56 Å². The molecule has 0 unspecified atom stereocenters. The Hall–Kier alpha value is -2.50. The van der Waals surface area contributed by atoms with Crippen molar-refractivity contribution < 1.29 is 24.5 Å². The van der Waals surface area contributed by atoms with Gasteiger partial charge in [-0.3, -0.25) is 4.79 Å². The van der Waals surface area contributed by atoms with Gasteiger partial charge in [-0.05, 0) is 23.8 Å². The Morgan fingerprint density at radius 1 is 1.41 bits per heavy atom. The molecule has 0 aliphatic carbocycles. The molecule has 1 amide bonds. The van der Waals surface area contributed by atoms with Crippen LogP contribution in [-0.4, -0.2) is 29.2 Å². The molecule has 0 saturated heterocycles. The zero-order valence-corrected chi connectivity index (χ0v) is 9.01. The number of aliphatic carboxylic acids is 1. The average molecular weight is 237 g/mol. The van der Waals surface area contributed by atoms with E-state index < -0.39 is 17.4 Å². The van der Waals surface area contributed by atoms with Crippen LogP contribution >= 0.6 is 0 Å². The van der Waals surface area contributed by atoms with Crippen molar-refractivity contribution in [3.8, 4) is 11.5 Å². The van der Waals surface area contributed by atoms with Crippen LogP contribution in [0.3, 0.4) is 0 Å². The van der Waals surface area contributed by atoms with Crippen LogP contribution < -0.4 is 10.5 Å². The minimum Gasteiger partial charge on any atom is -0.504 e. The smallest absolute Gasteiger partial charge is 0.341 e. The number of benzene rings is 1. The summed E-state index contributed by atoms with van der Waals surface area (Å²) in [4.78, 5) is 21.6. The first-order valence-electron chi connectivity index (χ1n) is 4.57. The number of carbonyl (C=O) groups excluding carboxylic acids is 1. The maximum atomic E-state index is 10.9. The molecule has 17 heavy (non-hydrogen) atoms. The monoisotopic (exact) mass is 237 g/mol. The third kappa shape index (κ3) is 2.97. The molecule has 1 rings (SSSR count). The molecule has 4 N–H and O–H groups in total. The molecule has 0 fully saturated rings. The fourth-order valence-electron chi connectivity index (χ4n) is 1.19. The zero-order valence-electron chi connectivity index (χ0n) is 9.01. The number of methoxy groups -OCH3 is 1. The van der Waals surface area contributed by atoms with Gasteiger partial charge in [-0.15, -0.1) is 0 Å². The molecule has 6 nitrogen and oxygen atoms in total.